The number of nitrogens with zero attached hydrogens (tertiary/aromatic N) is 1. The average molecular weight is 388 g/mol. The van der Waals surface area contributed by atoms with Crippen molar-refractivity contribution in [3.8, 4) is 0 Å². The van der Waals surface area contributed by atoms with E-state index in [2.05, 4.69) is 15.6 Å². The van der Waals surface area contributed by atoms with Crippen molar-refractivity contribution >= 4 is 27.6 Å². The van der Waals surface area contributed by atoms with Crippen LogP contribution in [0.4, 0.5) is 4.39 Å². The van der Waals surface area contributed by atoms with Gasteiger partial charge in [0.1, 0.15) is 5.82 Å². The smallest absolute Gasteiger partial charge is 0.191 e. The number of guanidine groups is 1. The predicted molar refractivity (Wildman–Crippen MR) is 102 cm³/mol. The third-order valence-electron chi connectivity index (χ3n) is 3.87. The van der Waals surface area contributed by atoms with Gasteiger partial charge < -0.3 is 10.6 Å². The molecule has 0 spiro atoms. The Bertz CT molecular complexity index is 663. The molecule has 1 saturated heterocycles. The standard InChI is InChI=1S/C17H26FN3O2S2/c1-2-19-17(21-12-14-8-11-25(22,23)13-14)20-9-3-10-24-16-6-4-15(18)5-7-16/h4-7,14H,2-3,8-13H2,1H3,(H2,19,20,21). The summed E-state index contributed by atoms with van der Waals surface area (Å²) >= 11 is 1.69. The summed E-state index contributed by atoms with van der Waals surface area (Å²) in [6.45, 7) is 4.09. The number of benzene rings is 1. The van der Waals surface area contributed by atoms with Crippen LogP contribution in [0, 0.1) is 11.7 Å². The van der Waals surface area contributed by atoms with Crippen LogP contribution in [0.25, 0.3) is 0 Å². The predicted octanol–water partition coefficient (Wildman–Crippen LogP) is 2.30. The van der Waals surface area contributed by atoms with Crippen molar-refractivity contribution in [1.29, 1.82) is 0 Å². The van der Waals surface area contributed by atoms with E-state index >= 15 is 0 Å². The number of hydrogen-bond donors (Lipinski definition) is 2. The quantitative estimate of drug-likeness (QED) is 0.310. The van der Waals surface area contributed by atoms with Gasteiger partial charge in [0.25, 0.3) is 0 Å². The van der Waals surface area contributed by atoms with E-state index in [1.807, 2.05) is 6.92 Å². The Kier molecular flexibility index (Phi) is 8.02. The lowest BCUT2D eigenvalue weighted by Crippen LogP contribution is -2.38. The second-order valence-electron chi connectivity index (χ2n) is 6.07. The van der Waals surface area contributed by atoms with E-state index in [0.29, 0.717) is 13.0 Å². The highest BCUT2D eigenvalue weighted by Gasteiger charge is 2.27. The summed E-state index contributed by atoms with van der Waals surface area (Å²) in [5.74, 6) is 2.13. The zero-order chi connectivity index (χ0) is 18.1. The Morgan fingerprint density at radius 2 is 2.08 bits per heavy atom. The average Bonchev–Trinajstić information content (AvgIpc) is 2.93. The molecular formula is C17H26FN3O2S2. The molecule has 5 nitrogen and oxygen atoms in total. The van der Waals surface area contributed by atoms with Gasteiger partial charge in [-0.1, -0.05) is 0 Å². The van der Waals surface area contributed by atoms with Crippen LogP contribution < -0.4 is 10.6 Å². The molecule has 1 atom stereocenters. The van der Waals surface area contributed by atoms with Crippen molar-refractivity contribution < 1.29 is 12.8 Å². The molecule has 0 radical (unpaired) electrons. The van der Waals surface area contributed by atoms with Gasteiger partial charge in [-0.3, -0.25) is 4.99 Å². The molecule has 1 heterocycles. The molecule has 1 aliphatic heterocycles. The number of rotatable bonds is 8. The van der Waals surface area contributed by atoms with Crippen molar-refractivity contribution in [3.63, 3.8) is 0 Å². The van der Waals surface area contributed by atoms with E-state index in [4.69, 9.17) is 0 Å². The number of aliphatic imine (C=N–C) groups is 1. The summed E-state index contributed by atoms with van der Waals surface area (Å²) in [4.78, 5) is 5.57. The molecule has 140 valence electrons. The van der Waals surface area contributed by atoms with Gasteiger partial charge >= 0.3 is 0 Å². The molecule has 1 aliphatic rings. The number of sulfone groups is 1. The Morgan fingerprint density at radius 3 is 2.72 bits per heavy atom. The molecule has 25 heavy (non-hydrogen) atoms. The van der Waals surface area contributed by atoms with E-state index in [0.717, 1.165) is 36.1 Å². The van der Waals surface area contributed by atoms with Crippen LogP contribution in [-0.4, -0.2) is 51.3 Å². The molecule has 0 saturated carbocycles. The fraction of sp³-hybridized carbons (Fsp3) is 0.588. The number of hydrogen-bond acceptors (Lipinski definition) is 4. The van der Waals surface area contributed by atoms with Crippen molar-refractivity contribution in [1.82, 2.24) is 10.6 Å². The molecule has 1 unspecified atom stereocenters. The lowest BCUT2D eigenvalue weighted by Gasteiger charge is -2.12. The second-order valence-corrected chi connectivity index (χ2v) is 9.47. The number of nitrogens with one attached hydrogen (secondary N) is 2. The van der Waals surface area contributed by atoms with Crippen LogP contribution >= 0.6 is 11.8 Å². The third kappa shape index (κ3) is 7.64. The Morgan fingerprint density at radius 1 is 1.32 bits per heavy atom. The lowest BCUT2D eigenvalue weighted by molar-refractivity contribution is 0.589. The van der Waals surface area contributed by atoms with Crippen LogP contribution in [-0.2, 0) is 9.84 Å². The molecule has 1 fully saturated rings. The zero-order valence-electron chi connectivity index (χ0n) is 14.5. The van der Waals surface area contributed by atoms with Gasteiger partial charge in [0.2, 0.25) is 0 Å². The fourth-order valence-corrected chi connectivity index (χ4v) is 5.28. The summed E-state index contributed by atoms with van der Waals surface area (Å²) < 4.78 is 35.8. The molecule has 1 aromatic carbocycles. The summed E-state index contributed by atoms with van der Waals surface area (Å²) in [5, 5.41) is 6.46. The van der Waals surface area contributed by atoms with E-state index in [1.165, 1.54) is 12.1 Å². The lowest BCUT2D eigenvalue weighted by atomic mass is 10.1. The SMILES string of the molecule is CCNC(=NCC1CCS(=O)(=O)C1)NCCCSc1ccc(F)cc1. The van der Waals surface area contributed by atoms with Gasteiger partial charge in [-0.2, -0.15) is 0 Å². The molecule has 1 aromatic rings. The van der Waals surface area contributed by atoms with E-state index in [-0.39, 0.29) is 23.2 Å². The van der Waals surface area contributed by atoms with Crippen molar-refractivity contribution in [3.05, 3.63) is 30.1 Å². The monoisotopic (exact) mass is 387 g/mol. The normalized spacial score (nSPS) is 19.8. The van der Waals surface area contributed by atoms with Crippen molar-refractivity contribution in [2.45, 2.75) is 24.7 Å². The van der Waals surface area contributed by atoms with Gasteiger partial charge in [-0.05, 0) is 55.7 Å². The zero-order valence-corrected chi connectivity index (χ0v) is 16.1. The van der Waals surface area contributed by atoms with Crippen LogP contribution in [0.3, 0.4) is 0 Å². The first-order valence-electron chi connectivity index (χ1n) is 8.59. The van der Waals surface area contributed by atoms with Crippen LogP contribution in [0.15, 0.2) is 34.2 Å². The third-order valence-corrected chi connectivity index (χ3v) is 6.81. The highest BCUT2D eigenvalue weighted by Crippen LogP contribution is 2.19. The van der Waals surface area contributed by atoms with Gasteiger partial charge in [0.05, 0.1) is 11.5 Å². The van der Waals surface area contributed by atoms with Gasteiger partial charge in [-0.15, -0.1) is 11.8 Å². The van der Waals surface area contributed by atoms with Gasteiger partial charge in [-0.25, -0.2) is 12.8 Å². The first-order chi connectivity index (χ1) is 12.0. The highest BCUT2D eigenvalue weighted by molar-refractivity contribution is 7.99. The van der Waals surface area contributed by atoms with Crippen LogP contribution in [0.1, 0.15) is 19.8 Å². The van der Waals surface area contributed by atoms with Gasteiger partial charge in [0, 0.05) is 24.5 Å². The summed E-state index contributed by atoms with van der Waals surface area (Å²) in [6.07, 6.45) is 1.66. The van der Waals surface area contributed by atoms with E-state index < -0.39 is 9.84 Å². The van der Waals surface area contributed by atoms with E-state index in [1.54, 1.807) is 23.9 Å². The molecule has 2 rings (SSSR count). The Hall–Kier alpha value is -1.28. The maximum absolute atomic E-state index is 12.8. The minimum absolute atomic E-state index is 0.134. The molecule has 0 bridgehead atoms. The number of halogens is 1. The van der Waals surface area contributed by atoms with Crippen molar-refractivity contribution in [2.24, 2.45) is 10.9 Å². The summed E-state index contributed by atoms with van der Waals surface area (Å²) in [6, 6.07) is 6.52. The molecular weight excluding hydrogens is 361 g/mol. The highest BCUT2D eigenvalue weighted by atomic mass is 32.2. The largest absolute Gasteiger partial charge is 0.357 e. The Labute approximate surface area is 153 Å². The van der Waals surface area contributed by atoms with Crippen LogP contribution in [0.5, 0.6) is 0 Å². The maximum Gasteiger partial charge on any atom is 0.191 e. The molecule has 0 aliphatic carbocycles. The fourth-order valence-electron chi connectivity index (χ4n) is 2.58. The molecule has 0 amide bonds. The molecule has 0 aromatic heterocycles. The minimum atomic E-state index is -2.85. The molecule has 2 N–H and O–H groups in total. The first-order valence-corrected chi connectivity index (χ1v) is 11.4. The first kappa shape index (κ1) is 20.0. The number of thioether (sulfide) groups is 1. The Balaban J connectivity index is 1.68. The second kappa shape index (κ2) is 10.0. The summed E-state index contributed by atoms with van der Waals surface area (Å²) in [7, 11) is -2.85. The summed E-state index contributed by atoms with van der Waals surface area (Å²) in [5.41, 5.74) is 0. The topological polar surface area (TPSA) is 70.6 Å². The van der Waals surface area contributed by atoms with Crippen LogP contribution in [0.2, 0.25) is 0 Å². The minimum Gasteiger partial charge on any atom is -0.357 e. The van der Waals surface area contributed by atoms with E-state index in [9.17, 15) is 12.8 Å². The molecule has 8 heteroatoms. The maximum atomic E-state index is 12.8. The van der Waals surface area contributed by atoms with Gasteiger partial charge in [0.15, 0.2) is 15.8 Å². The van der Waals surface area contributed by atoms with Crippen molar-refractivity contribution in [2.75, 3.05) is 36.9 Å².